The Bertz CT molecular complexity index is 1050. The first-order chi connectivity index (χ1) is 16.4. The number of nitrogens with one attached hydrogen (secondary N) is 2. The molecule has 0 bridgehead atoms. The van der Waals surface area contributed by atoms with Gasteiger partial charge in [-0.3, -0.25) is 20.4 Å². The molecule has 1 saturated heterocycles. The summed E-state index contributed by atoms with van der Waals surface area (Å²) in [5, 5.41) is 0. The second-order valence-corrected chi connectivity index (χ2v) is 9.82. The molecule has 2 amide bonds. The number of rotatable bonds is 10. The Morgan fingerprint density at radius 3 is 2.00 bits per heavy atom. The first-order valence-corrected chi connectivity index (χ1v) is 12.9. The van der Waals surface area contributed by atoms with Crippen molar-refractivity contribution in [3.63, 3.8) is 0 Å². The number of hydrazine groups is 1. The van der Waals surface area contributed by atoms with E-state index in [0.717, 1.165) is 12.8 Å². The second kappa shape index (κ2) is 12.5. The van der Waals surface area contributed by atoms with E-state index >= 15 is 0 Å². The summed E-state index contributed by atoms with van der Waals surface area (Å²) in [6, 6.07) is 12.2. The van der Waals surface area contributed by atoms with Crippen LogP contribution in [0.2, 0.25) is 0 Å². The summed E-state index contributed by atoms with van der Waals surface area (Å²) in [5.74, 6) is -0.353. The lowest BCUT2D eigenvalue weighted by Gasteiger charge is -2.26. The number of benzene rings is 2. The van der Waals surface area contributed by atoms with Crippen LogP contribution in [0.4, 0.5) is 0 Å². The van der Waals surface area contributed by atoms with Crippen LogP contribution in [0.25, 0.3) is 0 Å². The molecular weight excluding hydrogens is 458 g/mol. The van der Waals surface area contributed by atoms with Crippen LogP contribution in [-0.2, 0) is 14.8 Å². The Hall–Kier alpha value is -2.95. The maximum Gasteiger partial charge on any atom is 0.269 e. The van der Waals surface area contributed by atoms with Crippen LogP contribution >= 0.6 is 0 Å². The van der Waals surface area contributed by atoms with Gasteiger partial charge in [0.1, 0.15) is 5.75 Å². The van der Waals surface area contributed by atoms with E-state index in [-0.39, 0.29) is 10.5 Å². The van der Waals surface area contributed by atoms with E-state index in [1.165, 1.54) is 41.4 Å². The minimum absolute atomic E-state index is 0.0997. The predicted octanol–water partition coefficient (Wildman–Crippen LogP) is 2.74. The van der Waals surface area contributed by atoms with Gasteiger partial charge in [-0.1, -0.05) is 26.2 Å². The molecule has 0 aliphatic carbocycles. The molecule has 10 heteroatoms. The van der Waals surface area contributed by atoms with Crippen LogP contribution in [0.15, 0.2) is 53.4 Å². The van der Waals surface area contributed by atoms with Crippen molar-refractivity contribution in [2.75, 3.05) is 32.9 Å². The normalized spacial score (nSPS) is 14.4. The smallest absolute Gasteiger partial charge is 0.269 e. The monoisotopic (exact) mass is 489 g/mol. The van der Waals surface area contributed by atoms with Gasteiger partial charge in [-0.15, -0.1) is 0 Å². The highest BCUT2D eigenvalue weighted by atomic mass is 32.2. The molecular formula is C24H31N3O6S. The number of carbonyl (C=O) groups is 2. The number of hydrogen-bond donors (Lipinski definition) is 2. The summed E-state index contributed by atoms with van der Waals surface area (Å²) in [6.07, 6.45) is 4.47. The van der Waals surface area contributed by atoms with E-state index in [9.17, 15) is 18.0 Å². The average Bonchev–Trinajstić information content (AvgIpc) is 2.88. The lowest BCUT2D eigenvalue weighted by molar-refractivity contribution is 0.0730. The van der Waals surface area contributed by atoms with Crippen molar-refractivity contribution in [2.45, 2.75) is 37.5 Å². The predicted molar refractivity (Wildman–Crippen MR) is 127 cm³/mol. The van der Waals surface area contributed by atoms with E-state index < -0.39 is 21.8 Å². The quantitative estimate of drug-likeness (QED) is 0.392. The van der Waals surface area contributed by atoms with Gasteiger partial charge in [-0.2, -0.15) is 4.31 Å². The SMILES string of the molecule is CCCCCCOc1ccc(C(=O)NNC(=O)c2ccc(S(=O)(=O)N3CCOCC3)cc2)cc1. The Balaban J connectivity index is 1.48. The first-order valence-electron chi connectivity index (χ1n) is 11.4. The van der Waals surface area contributed by atoms with Gasteiger partial charge in [0.15, 0.2) is 0 Å². The molecule has 34 heavy (non-hydrogen) atoms. The standard InChI is InChI=1S/C24H31N3O6S/c1-2-3-4-5-16-33-21-10-6-19(7-11-21)23(28)25-26-24(29)20-8-12-22(13-9-20)34(30,31)27-14-17-32-18-15-27/h6-13H,2-5,14-18H2,1H3,(H,25,28)(H,26,29). The molecule has 0 atom stereocenters. The molecule has 0 radical (unpaired) electrons. The highest BCUT2D eigenvalue weighted by Crippen LogP contribution is 2.18. The van der Waals surface area contributed by atoms with Crippen molar-refractivity contribution >= 4 is 21.8 Å². The largest absolute Gasteiger partial charge is 0.494 e. The molecule has 9 nitrogen and oxygen atoms in total. The van der Waals surface area contributed by atoms with E-state index in [2.05, 4.69) is 17.8 Å². The van der Waals surface area contributed by atoms with Crippen molar-refractivity contribution in [1.29, 1.82) is 0 Å². The van der Waals surface area contributed by atoms with Crippen LogP contribution in [0.3, 0.4) is 0 Å². The number of amides is 2. The topological polar surface area (TPSA) is 114 Å². The lowest BCUT2D eigenvalue weighted by Crippen LogP contribution is -2.41. The molecule has 0 unspecified atom stereocenters. The molecule has 2 aromatic carbocycles. The number of morpholine rings is 1. The number of unbranched alkanes of at least 4 members (excludes halogenated alkanes) is 3. The van der Waals surface area contributed by atoms with Gasteiger partial charge in [0.25, 0.3) is 11.8 Å². The molecule has 1 heterocycles. The zero-order valence-electron chi connectivity index (χ0n) is 19.3. The lowest BCUT2D eigenvalue weighted by atomic mass is 10.2. The summed E-state index contributed by atoms with van der Waals surface area (Å²) >= 11 is 0. The highest BCUT2D eigenvalue weighted by molar-refractivity contribution is 7.89. The Morgan fingerprint density at radius 1 is 0.882 bits per heavy atom. The van der Waals surface area contributed by atoms with Gasteiger partial charge in [0.2, 0.25) is 10.0 Å². The third-order valence-electron chi connectivity index (χ3n) is 5.40. The van der Waals surface area contributed by atoms with Crippen LogP contribution in [0.5, 0.6) is 5.75 Å². The van der Waals surface area contributed by atoms with Gasteiger partial charge in [-0.05, 0) is 55.0 Å². The highest BCUT2D eigenvalue weighted by Gasteiger charge is 2.26. The van der Waals surface area contributed by atoms with Gasteiger partial charge >= 0.3 is 0 Å². The first kappa shape index (κ1) is 25.7. The fourth-order valence-corrected chi connectivity index (χ4v) is 4.80. The summed E-state index contributed by atoms with van der Waals surface area (Å²) in [6.45, 7) is 4.09. The number of nitrogens with zero attached hydrogens (tertiary/aromatic N) is 1. The molecule has 2 aromatic rings. The van der Waals surface area contributed by atoms with Gasteiger partial charge < -0.3 is 9.47 Å². The Labute approximate surface area is 200 Å². The van der Waals surface area contributed by atoms with Crippen molar-refractivity contribution in [3.05, 3.63) is 59.7 Å². The maximum absolute atomic E-state index is 12.7. The van der Waals surface area contributed by atoms with Crippen LogP contribution < -0.4 is 15.6 Å². The summed E-state index contributed by atoms with van der Waals surface area (Å²) < 4.78 is 37.5. The van der Waals surface area contributed by atoms with E-state index in [4.69, 9.17) is 9.47 Å². The van der Waals surface area contributed by atoms with Crippen LogP contribution in [0, 0.1) is 0 Å². The summed E-state index contributed by atoms with van der Waals surface area (Å²) in [7, 11) is -3.64. The zero-order chi connectivity index (χ0) is 24.4. The second-order valence-electron chi connectivity index (χ2n) is 7.88. The molecule has 184 valence electrons. The fourth-order valence-electron chi connectivity index (χ4n) is 3.39. The van der Waals surface area contributed by atoms with Crippen molar-refractivity contribution in [2.24, 2.45) is 0 Å². The minimum atomic E-state index is -3.64. The molecule has 0 spiro atoms. The number of sulfonamides is 1. The van der Waals surface area contributed by atoms with E-state index in [1.807, 2.05) is 0 Å². The molecule has 1 aliphatic rings. The molecule has 3 rings (SSSR count). The van der Waals surface area contributed by atoms with Crippen LogP contribution in [-0.4, -0.2) is 57.4 Å². The van der Waals surface area contributed by atoms with Crippen LogP contribution in [0.1, 0.15) is 53.3 Å². The van der Waals surface area contributed by atoms with Crippen molar-refractivity contribution < 1.29 is 27.5 Å². The molecule has 1 aliphatic heterocycles. The zero-order valence-corrected chi connectivity index (χ0v) is 20.1. The molecule has 1 fully saturated rings. The maximum atomic E-state index is 12.7. The summed E-state index contributed by atoms with van der Waals surface area (Å²) in [4.78, 5) is 24.8. The minimum Gasteiger partial charge on any atom is -0.494 e. The number of carbonyl (C=O) groups excluding carboxylic acids is 2. The van der Waals surface area contributed by atoms with Crippen molar-refractivity contribution in [1.82, 2.24) is 15.2 Å². The van der Waals surface area contributed by atoms with Crippen molar-refractivity contribution in [3.8, 4) is 5.75 Å². The van der Waals surface area contributed by atoms with E-state index in [0.29, 0.717) is 44.2 Å². The number of hydrogen-bond acceptors (Lipinski definition) is 6. The summed E-state index contributed by atoms with van der Waals surface area (Å²) in [5.41, 5.74) is 5.28. The van der Waals surface area contributed by atoms with Gasteiger partial charge in [0.05, 0.1) is 24.7 Å². The molecule has 0 saturated carbocycles. The fraction of sp³-hybridized carbons (Fsp3) is 0.417. The Kier molecular flexibility index (Phi) is 9.43. The third kappa shape index (κ3) is 7.02. The van der Waals surface area contributed by atoms with Gasteiger partial charge in [0, 0.05) is 24.2 Å². The van der Waals surface area contributed by atoms with Gasteiger partial charge in [-0.25, -0.2) is 8.42 Å². The molecule has 0 aromatic heterocycles. The third-order valence-corrected chi connectivity index (χ3v) is 7.31. The Morgan fingerprint density at radius 2 is 1.44 bits per heavy atom. The van der Waals surface area contributed by atoms with E-state index in [1.54, 1.807) is 24.3 Å². The molecule has 2 N–H and O–H groups in total. The number of ether oxygens (including phenoxy) is 2. The average molecular weight is 490 g/mol.